The molecule has 0 unspecified atom stereocenters. The summed E-state index contributed by atoms with van der Waals surface area (Å²) < 4.78 is 57.6. The van der Waals surface area contributed by atoms with E-state index in [1.54, 1.807) is 12.1 Å². The highest BCUT2D eigenvalue weighted by Gasteiger charge is 2.12. The quantitative estimate of drug-likeness (QED) is 0.286. The standard InChI is InChI=1S/C26H21F4NO/c1-2-16-4-11-23(31-15-16)20-9-10-21-19(14-20)8-7-18(25(21)28)6-3-17-5-12-24(22(27)13-17)32-26(29)30/h4-5,7-15,26H,2-3,6H2,1H3. The second-order valence-electron chi connectivity index (χ2n) is 7.52. The van der Waals surface area contributed by atoms with E-state index in [1.807, 2.05) is 36.5 Å². The average molecular weight is 439 g/mol. The van der Waals surface area contributed by atoms with E-state index in [-0.39, 0.29) is 5.82 Å². The maximum atomic E-state index is 15.1. The van der Waals surface area contributed by atoms with Crippen molar-refractivity contribution >= 4 is 10.8 Å². The zero-order chi connectivity index (χ0) is 22.7. The van der Waals surface area contributed by atoms with Crippen LogP contribution < -0.4 is 4.74 Å². The molecule has 2 nitrogen and oxygen atoms in total. The lowest BCUT2D eigenvalue weighted by atomic mass is 9.98. The van der Waals surface area contributed by atoms with Crippen molar-refractivity contribution in [2.24, 2.45) is 0 Å². The second kappa shape index (κ2) is 9.39. The summed E-state index contributed by atoms with van der Waals surface area (Å²) in [5.41, 5.74) is 3.97. The Bertz CT molecular complexity index is 1240. The lowest BCUT2D eigenvalue weighted by molar-refractivity contribution is -0.0522. The molecule has 0 atom stereocenters. The van der Waals surface area contributed by atoms with E-state index >= 15 is 4.39 Å². The van der Waals surface area contributed by atoms with E-state index in [0.29, 0.717) is 29.4 Å². The first kappa shape index (κ1) is 21.8. The topological polar surface area (TPSA) is 22.1 Å². The van der Waals surface area contributed by atoms with Crippen LogP contribution in [0.5, 0.6) is 5.75 Å². The predicted molar refractivity (Wildman–Crippen MR) is 117 cm³/mol. The number of aromatic nitrogens is 1. The third-order valence-electron chi connectivity index (χ3n) is 5.46. The SMILES string of the molecule is CCc1ccc(-c2ccc3c(F)c(CCc4ccc(OC(F)F)c(F)c4)ccc3c2)nc1. The minimum Gasteiger partial charge on any atom is -0.432 e. The fraction of sp³-hybridized carbons (Fsp3) is 0.192. The van der Waals surface area contributed by atoms with Crippen LogP contribution in [-0.2, 0) is 19.3 Å². The summed E-state index contributed by atoms with van der Waals surface area (Å²) in [7, 11) is 0. The van der Waals surface area contributed by atoms with Crippen molar-refractivity contribution in [2.75, 3.05) is 0 Å². The Hall–Kier alpha value is -3.41. The monoisotopic (exact) mass is 439 g/mol. The van der Waals surface area contributed by atoms with Crippen LogP contribution in [0.25, 0.3) is 22.0 Å². The molecule has 0 spiro atoms. The van der Waals surface area contributed by atoms with Gasteiger partial charge in [0.05, 0.1) is 5.69 Å². The van der Waals surface area contributed by atoms with Gasteiger partial charge in [0.15, 0.2) is 11.6 Å². The molecular weight excluding hydrogens is 418 g/mol. The number of pyridine rings is 1. The Morgan fingerprint density at radius 1 is 0.875 bits per heavy atom. The highest BCUT2D eigenvalue weighted by atomic mass is 19.3. The molecule has 4 rings (SSSR count). The molecule has 0 aliphatic carbocycles. The third-order valence-corrected chi connectivity index (χ3v) is 5.46. The van der Waals surface area contributed by atoms with Crippen molar-refractivity contribution in [3.63, 3.8) is 0 Å². The second-order valence-corrected chi connectivity index (χ2v) is 7.52. The summed E-state index contributed by atoms with van der Waals surface area (Å²) in [4.78, 5) is 4.48. The summed E-state index contributed by atoms with van der Waals surface area (Å²) in [6.07, 6.45) is 3.47. The van der Waals surface area contributed by atoms with E-state index in [1.165, 1.54) is 6.07 Å². The molecule has 0 saturated carbocycles. The van der Waals surface area contributed by atoms with Crippen LogP contribution >= 0.6 is 0 Å². The molecule has 1 aromatic heterocycles. The van der Waals surface area contributed by atoms with Crippen molar-refractivity contribution in [3.8, 4) is 17.0 Å². The molecule has 32 heavy (non-hydrogen) atoms. The third kappa shape index (κ3) is 4.74. The van der Waals surface area contributed by atoms with E-state index < -0.39 is 18.2 Å². The summed E-state index contributed by atoms with van der Waals surface area (Å²) in [5, 5.41) is 1.27. The normalized spacial score (nSPS) is 11.3. The van der Waals surface area contributed by atoms with Crippen LogP contribution in [-0.4, -0.2) is 11.6 Å². The van der Waals surface area contributed by atoms with Gasteiger partial charge >= 0.3 is 6.61 Å². The number of benzene rings is 3. The highest BCUT2D eigenvalue weighted by molar-refractivity contribution is 5.88. The number of aryl methyl sites for hydroxylation is 3. The number of rotatable bonds is 7. The van der Waals surface area contributed by atoms with Gasteiger partial charge in [0.25, 0.3) is 0 Å². The van der Waals surface area contributed by atoms with Crippen LogP contribution in [0.2, 0.25) is 0 Å². The Morgan fingerprint density at radius 3 is 2.38 bits per heavy atom. The van der Waals surface area contributed by atoms with Crippen LogP contribution in [0.15, 0.2) is 66.9 Å². The highest BCUT2D eigenvalue weighted by Crippen LogP contribution is 2.28. The summed E-state index contributed by atoms with van der Waals surface area (Å²) in [6, 6.07) is 16.9. The zero-order valence-corrected chi connectivity index (χ0v) is 17.4. The molecule has 0 N–H and O–H groups in total. The van der Waals surface area contributed by atoms with Gasteiger partial charge in [-0.15, -0.1) is 0 Å². The van der Waals surface area contributed by atoms with Crippen molar-refractivity contribution in [3.05, 3.63) is 95.2 Å². The van der Waals surface area contributed by atoms with Gasteiger partial charge in [-0.1, -0.05) is 43.3 Å². The van der Waals surface area contributed by atoms with E-state index in [2.05, 4.69) is 16.6 Å². The molecule has 6 heteroatoms. The Kier molecular flexibility index (Phi) is 6.40. The maximum absolute atomic E-state index is 15.1. The van der Waals surface area contributed by atoms with Gasteiger partial charge in [0.2, 0.25) is 0 Å². The first-order valence-corrected chi connectivity index (χ1v) is 10.3. The first-order chi connectivity index (χ1) is 15.4. The summed E-state index contributed by atoms with van der Waals surface area (Å²) >= 11 is 0. The van der Waals surface area contributed by atoms with Crippen LogP contribution in [0.4, 0.5) is 17.6 Å². The number of nitrogens with zero attached hydrogens (tertiary/aromatic N) is 1. The van der Waals surface area contributed by atoms with Gasteiger partial charge in [-0.25, -0.2) is 8.78 Å². The molecule has 164 valence electrons. The molecule has 0 aliphatic heterocycles. The Balaban J connectivity index is 1.52. The minimum atomic E-state index is -3.09. The molecule has 4 aromatic rings. The molecular formula is C26H21F4NO. The van der Waals surface area contributed by atoms with Crippen molar-refractivity contribution in [2.45, 2.75) is 32.8 Å². The van der Waals surface area contributed by atoms with E-state index in [4.69, 9.17) is 0 Å². The van der Waals surface area contributed by atoms with Gasteiger partial charge in [-0.05, 0) is 65.6 Å². The predicted octanol–water partition coefficient (Wildman–Crippen LogP) is 7.13. The fourth-order valence-electron chi connectivity index (χ4n) is 3.66. The van der Waals surface area contributed by atoms with Crippen molar-refractivity contribution < 1.29 is 22.3 Å². The Morgan fingerprint density at radius 2 is 1.69 bits per heavy atom. The van der Waals surface area contributed by atoms with E-state index in [9.17, 15) is 13.2 Å². The first-order valence-electron chi connectivity index (χ1n) is 10.3. The lowest BCUT2D eigenvalue weighted by Gasteiger charge is -2.10. The van der Waals surface area contributed by atoms with Crippen LogP contribution in [0.1, 0.15) is 23.6 Å². The number of fused-ring (bicyclic) bond motifs is 1. The maximum Gasteiger partial charge on any atom is 0.387 e. The minimum absolute atomic E-state index is 0.318. The number of hydrogen-bond donors (Lipinski definition) is 0. The summed E-state index contributed by atoms with van der Waals surface area (Å²) in [5.74, 6) is -1.69. The van der Waals surface area contributed by atoms with Crippen molar-refractivity contribution in [1.82, 2.24) is 4.98 Å². The van der Waals surface area contributed by atoms with E-state index in [0.717, 1.165) is 40.8 Å². The van der Waals surface area contributed by atoms with Gasteiger partial charge < -0.3 is 4.74 Å². The van der Waals surface area contributed by atoms with Gasteiger partial charge in [0, 0.05) is 17.1 Å². The average Bonchev–Trinajstić information content (AvgIpc) is 2.80. The molecule has 0 saturated heterocycles. The summed E-state index contributed by atoms with van der Waals surface area (Å²) in [6.45, 7) is -1.02. The van der Waals surface area contributed by atoms with Crippen LogP contribution in [0, 0.1) is 11.6 Å². The molecule has 3 aromatic carbocycles. The van der Waals surface area contributed by atoms with Crippen molar-refractivity contribution in [1.29, 1.82) is 0 Å². The zero-order valence-electron chi connectivity index (χ0n) is 17.4. The largest absolute Gasteiger partial charge is 0.432 e. The van der Waals surface area contributed by atoms with Gasteiger partial charge in [-0.3, -0.25) is 4.98 Å². The molecule has 0 radical (unpaired) electrons. The Labute approximate surface area is 183 Å². The molecule has 1 heterocycles. The number of ether oxygens (including phenoxy) is 1. The molecule has 0 aliphatic rings. The molecule has 0 bridgehead atoms. The van der Waals surface area contributed by atoms with Gasteiger partial charge in [-0.2, -0.15) is 8.78 Å². The van der Waals surface area contributed by atoms with Gasteiger partial charge in [0.1, 0.15) is 5.82 Å². The molecule has 0 amide bonds. The number of hydrogen-bond acceptors (Lipinski definition) is 2. The lowest BCUT2D eigenvalue weighted by Crippen LogP contribution is -2.04. The number of alkyl halides is 2. The fourth-order valence-corrected chi connectivity index (χ4v) is 3.66. The molecule has 0 fully saturated rings. The smallest absolute Gasteiger partial charge is 0.387 e. The number of halogens is 4. The van der Waals surface area contributed by atoms with Crippen LogP contribution in [0.3, 0.4) is 0 Å².